The molecule has 1 saturated heterocycles. The molecule has 0 spiro atoms. The Morgan fingerprint density at radius 3 is 2.76 bits per heavy atom. The zero-order valence-corrected chi connectivity index (χ0v) is 8.91. The minimum absolute atomic E-state index is 0.107. The summed E-state index contributed by atoms with van der Waals surface area (Å²) in [5, 5.41) is 3.41. The largest absolute Gasteiger partial charge is 0.435 e. The lowest BCUT2D eigenvalue weighted by molar-refractivity contribution is -0.142. The van der Waals surface area contributed by atoms with Gasteiger partial charge in [-0.3, -0.25) is 4.79 Å². The van der Waals surface area contributed by atoms with Crippen LogP contribution in [0, 0.1) is 0 Å². The highest BCUT2D eigenvalue weighted by Gasteiger charge is 2.36. The monoisotopic (exact) mass is 248 g/mol. The summed E-state index contributed by atoms with van der Waals surface area (Å²) >= 11 is 0. The maximum absolute atomic E-state index is 12.5. The van der Waals surface area contributed by atoms with Gasteiger partial charge < -0.3 is 4.74 Å². The summed E-state index contributed by atoms with van der Waals surface area (Å²) in [5.41, 5.74) is -1.17. The molecule has 0 bridgehead atoms. The van der Waals surface area contributed by atoms with E-state index in [1.54, 1.807) is 0 Å². The van der Waals surface area contributed by atoms with E-state index >= 15 is 0 Å². The molecule has 1 aliphatic rings. The van der Waals surface area contributed by atoms with E-state index in [2.05, 4.69) is 5.10 Å². The number of nitrogens with zero attached hydrogens (tertiary/aromatic N) is 2. The van der Waals surface area contributed by atoms with E-state index in [4.69, 9.17) is 4.74 Å². The van der Waals surface area contributed by atoms with E-state index in [-0.39, 0.29) is 5.69 Å². The maximum Gasteiger partial charge on any atom is 0.435 e. The first-order valence-corrected chi connectivity index (χ1v) is 5.26. The summed E-state index contributed by atoms with van der Waals surface area (Å²) in [6, 6.07) is 0.741. The molecule has 7 heteroatoms. The Kier molecular flexibility index (Phi) is 3.19. The molecule has 4 nitrogen and oxygen atoms in total. The van der Waals surface area contributed by atoms with E-state index in [1.165, 1.54) is 0 Å². The smallest absolute Gasteiger partial charge is 0.356 e. The highest BCUT2D eigenvalue weighted by Crippen LogP contribution is 2.30. The van der Waals surface area contributed by atoms with Crippen LogP contribution in [0.4, 0.5) is 13.2 Å². The summed E-state index contributed by atoms with van der Waals surface area (Å²) in [4.78, 5) is 10.7. The van der Waals surface area contributed by atoms with Crippen molar-refractivity contribution in [3.05, 3.63) is 17.5 Å². The molecule has 1 aromatic heterocycles. The van der Waals surface area contributed by atoms with E-state index in [1.807, 2.05) is 0 Å². The third kappa shape index (κ3) is 2.49. The Morgan fingerprint density at radius 1 is 1.47 bits per heavy atom. The SMILES string of the molecule is O=Cc1cc(C(F)(F)F)nn1[C@H]1CCCCO1. The fourth-order valence-corrected chi connectivity index (χ4v) is 1.78. The molecule has 1 aliphatic heterocycles. The number of ether oxygens (including phenoxy) is 1. The molecular formula is C10H11F3N2O2. The molecule has 0 aromatic carbocycles. The van der Waals surface area contributed by atoms with Gasteiger partial charge in [-0.1, -0.05) is 0 Å². The lowest BCUT2D eigenvalue weighted by Crippen LogP contribution is -2.21. The summed E-state index contributed by atoms with van der Waals surface area (Å²) in [5.74, 6) is 0. The Labute approximate surface area is 95.4 Å². The third-order valence-corrected chi connectivity index (χ3v) is 2.60. The second-order valence-corrected chi connectivity index (χ2v) is 3.84. The lowest BCUT2D eigenvalue weighted by atomic mass is 10.2. The van der Waals surface area contributed by atoms with Crippen LogP contribution in [-0.4, -0.2) is 22.7 Å². The highest BCUT2D eigenvalue weighted by molar-refractivity contribution is 5.72. The molecule has 17 heavy (non-hydrogen) atoms. The van der Waals surface area contributed by atoms with E-state index < -0.39 is 18.1 Å². The molecule has 1 atom stereocenters. The quantitative estimate of drug-likeness (QED) is 0.755. The van der Waals surface area contributed by atoms with Gasteiger partial charge in [0, 0.05) is 6.61 Å². The van der Waals surface area contributed by atoms with Gasteiger partial charge in [-0.25, -0.2) is 4.68 Å². The molecule has 0 saturated carbocycles. The number of halogens is 3. The van der Waals surface area contributed by atoms with Gasteiger partial charge in [-0.15, -0.1) is 0 Å². The van der Waals surface area contributed by atoms with Crippen molar-refractivity contribution in [2.45, 2.75) is 31.7 Å². The topological polar surface area (TPSA) is 44.1 Å². The van der Waals surface area contributed by atoms with Crippen molar-refractivity contribution in [1.29, 1.82) is 0 Å². The lowest BCUT2D eigenvalue weighted by Gasteiger charge is -2.23. The summed E-state index contributed by atoms with van der Waals surface area (Å²) in [6.45, 7) is 0.476. The predicted molar refractivity (Wildman–Crippen MR) is 51.5 cm³/mol. The van der Waals surface area contributed by atoms with Crippen LogP contribution in [-0.2, 0) is 10.9 Å². The van der Waals surface area contributed by atoms with E-state index in [9.17, 15) is 18.0 Å². The fraction of sp³-hybridized carbons (Fsp3) is 0.600. The van der Waals surface area contributed by atoms with Crippen molar-refractivity contribution in [2.24, 2.45) is 0 Å². The number of aromatic nitrogens is 2. The Morgan fingerprint density at radius 2 is 2.24 bits per heavy atom. The molecule has 94 valence electrons. The van der Waals surface area contributed by atoms with Gasteiger partial charge >= 0.3 is 6.18 Å². The van der Waals surface area contributed by atoms with Crippen molar-refractivity contribution >= 4 is 6.29 Å². The van der Waals surface area contributed by atoms with Crippen molar-refractivity contribution in [3.63, 3.8) is 0 Å². The average molecular weight is 248 g/mol. The normalized spacial score (nSPS) is 21.5. The standard InChI is InChI=1S/C10H11F3N2O2/c11-10(12,13)8-5-7(6-16)15(14-8)9-3-1-2-4-17-9/h5-6,9H,1-4H2/t9-/m1/s1. The summed E-state index contributed by atoms with van der Waals surface area (Å²) < 4.78 is 43.7. The van der Waals surface area contributed by atoms with Gasteiger partial charge in [0.1, 0.15) is 5.69 Å². The van der Waals surface area contributed by atoms with Crippen LogP contribution in [0.25, 0.3) is 0 Å². The van der Waals surface area contributed by atoms with Gasteiger partial charge in [0.15, 0.2) is 18.2 Å². The van der Waals surface area contributed by atoms with Crippen molar-refractivity contribution in [3.8, 4) is 0 Å². The number of carbonyl (C=O) groups excluding carboxylic acids is 1. The Hall–Kier alpha value is -1.37. The van der Waals surface area contributed by atoms with Gasteiger partial charge in [0.2, 0.25) is 0 Å². The average Bonchev–Trinajstić information content (AvgIpc) is 2.73. The van der Waals surface area contributed by atoms with Gasteiger partial charge in [0.05, 0.1) is 0 Å². The first-order valence-electron chi connectivity index (χ1n) is 5.26. The number of carbonyl (C=O) groups is 1. The van der Waals surface area contributed by atoms with Crippen LogP contribution in [0.15, 0.2) is 6.07 Å². The first kappa shape index (κ1) is 12.1. The molecule has 2 heterocycles. The Balaban J connectivity index is 2.32. The first-order chi connectivity index (χ1) is 8.02. The number of alkyl halides is 3. The van der Waals surface area contributed by atoms with Crippen molar-refractivity contribution < 1.29 is 22.7 Å². The van der Waals surface area contributed by atoms with E-state index in [0.29, 0.717) is 19.3 Å². The molecule has 1 fully saturated rings. The van der Waals surface area contributed by atoms with Crippen molar-refractivity contribution in [2.75, 3.05) is 6.61 Å². The molecule has 0 aliphatic carbocycles. The fourth-order valence-electron chi connectivity index (χ4n) is 1.78. The van der Waals surface area contributed by atoms with Crippen molar-refractivity contribution in [1.82, 2.24) is 9.78 Å². The molecule has 0 amide bonds. The predicted octanol–water partition coefficient (Wildman–Crippen LogP) is 2.41. The maximum atomic E-state index is 12.5. The third-order valence-electron chi connectivity index (χ3n) is 2.60. The Bertz CT molecular complexity index is 408. The zero-order valence-electron chi connectivity index (χ0n) is 8.91. The molecular weight excluding hydrogens is 237 g/mol. The van der Waals surface area contributed by atoms with Crippen LogP contribution >= 0.6 is 0 Å². The highest BCUT2D eigenvalue weighted by atomic mass is 19.4. The minimum atomic E-state index is -4.54. The van der Waals surface area contributed by atoms with Crippen LogP contribution in [0.3, 0.4) is 0 Å². The molecule has 1 aromatic rings. The van der Waals surface area contributed by atoms with Crippen LogP contribution in [0.5, 0.6) is 0 Å². The molecule has 2 rings (SSSR count). The number of hydrogen-bond acceptors (Lipinski definition) is 3. The van der Waals surface area contributed by atoms with Gasteiger partial charge in [-0.2, -0.15) is 18.3 Å². The zero-order chi connectivity index (χ0) is 12.5. The minimum Gasteiger partial charge on any atom is -0.356 e. The summed E-state index contributed by atoms with van der Waals surface area (Å²) in [6.07, 6.45) is -2.46. The number of hydrogen-bond donors (Lipinski definition) is 0. The van der Waals surface area contributed by atoms with E-state index in [0.717, 1.165) is 23.6 Å². The number of aldehydes is 1. The summed E-state index contributed by atoms with van der Waals surface area (Å²) in [7, 11) is 0. The van der Waals surface area contributed by atoms with Crippen LogP contribution in [0.2, 0.25) is 0 Å². The second kappa shape index (κ2) is 4.48. The molecule has 0 N–H and O–H groups in total. The molecule has 0 radical (unpaired) electrons. The van der Waals surface area contributed by atoms with Gasteiger partial charge in [-0.05, 0) is 25.3 Å². The number of rotatable bonds is 2. The van der Waals surface area contributed by atoms with Crippen LogP contribution < -0.4 is 0 Å². The second-order valence-electron chi connectivity index (χ2n) is 3.84. The van der Waals surface area contributed by atoms with Crippen LogP contribution in [0.1, 0.15) is 41.7 Å². The van der Waals surface area contributed by atoms with Gasteiger partial charge in [0.25, 0.3) is 0 Å². The molecule has 0 unspecified atom stereocenters.